The van der Waals surface area contributed by atoms with Gasteiger partial charge in [-0.1, -0.05) is 26.2 Å². The van der Waals surface area contributed by atoms with Gasteiger partial charge in [-0.15, -0.1) is 11.8 Å². The number of hydrogen-bond acceptors (Lipinski definition) is 9. The molecule has 0 N–H and O–H groups in total. The molecule has 0 aromatic carbocycles. The zero-order valence-electron chi connectivity index (χ0n) is 14.8. The molecule has 142 valence electrons. The molecule has 1 spiro atoms. The van der Waals surface area contributed by atoms with Gasteiger partial charge in [0.05, 0.1) is 17.4 Å². The van der Waals surface area contributed by atoms with E-state index in [4.69, 9.17) is 9.47 Å². The summed E-state index contributed by atoms with van der Waals surface area (Å²) < 4.78 is 19.7. The Kier molecular flexibility index (Phi) is 5.20. The molecule has 3 fully saturated rings. The summed E-state index contributed by atoms with van der Waals surface area (Å²) in [7, 11) is 0. The fourth-order valence-corrected chi connectivity index (χ4v) is 5.89. The Bertz CT molecular complexity index is 679. The second-order valence-electron chi connectivity index (χ2n) is 7.17. The number of carbonyl (C=O) groups excluding carboxylic acids is 2. The van der Waals surface area contributed by atoms with E-state index >= 15 is 0 Å². The third-order valence-corrected chi connectivity index (χ3v) is 7.22. The molecule has 7 nitrogen and oxygen atoms in total. The highest BCUT2D eigenvalue weighted by atomic mass is 32.2. The maximum Gasteiger partial charge on any atom is 0.421 e. The van der Waals surface area contributed by atoms with Crippen LogP contribution >= 0.6 is 23.5 Å². The molecule has 26 heavy (non-hydrogen) atoms. The summed E-state index contributed by atoms with van der Waals surface area (Å²) in [5.74, 6) is -1.20. The standard InChI is InChI=1S/C17H23N3O4S2/c1-2-3-4-5-8-25-14-13(18-26-19-14)12-10-20-9-11(12)6-7-17(20)23-15(21)16(22)24-17/h11-12H,2-10H2,1H3. The molecule has 1 aromatic heterocycles. The first-order chi connectivity index (χ1) is 12.6. The number of rotatable bonds is 7. The van der Waals surface area contributed by atoms with Crippen molar-refractivity contribution in [1.29, 1.82) is 0 Å². The van der Waals surface area contributed by atoms with Crippen molar-refractivity contribution in [3.05, 3.63) is 5.69 Å². The van der Waals surface area contributed by atoms with Gasteiger partial charge >= 0.3 is 17.8 Å². The molecule has 3 aliphatic rings. The van der Waals surface area contributed by atoms with Crippen molar-refractivity contribution < 1.29 is 19.1 Å². The van der Waals surface area contributed by atoms with Crippen molar-refractivity contribution in [2.75, 3.05) is 18.8 Å². The number of nitrogens with zero attached hydrogens (tertiary/aromatic N) is 3. The number of ether oxygens (including phenoxy) is 2. The maximum absolute atomic E-state index is 11.5. The van der Waals surface area contributed by atoms with E-state index in [0.717, 1.165) is 29.4 Å². The largest absolute Gasteiger partial charge is 0.421 e. The van der Waals surface area contributed by atoms with Crippen molar-refractivity contribution in [2.45, 2.75) is 62.3 Å². The predicted octanol–water partition coefficient (Wildman–Crippen LogP) is 2.77. The van der Waals surface area contributed by atoms with Gasteiger partial charge in [0, 0.05) is 25.4 Å². The molecule has 0 saturated carbocycles. The molecular formula is C17H23N3O4S2. The monoisotopic (exact) mass is 397 g/mol. The molecule has 3 atom stereocenters. The topological polar surface area (TPSA) is 81.6 Å². The first-order valence-electron chi connectivity index (χ1n) is 9.29. The molecule has 9 heteroatoms. The lowest BCUT2D eigenvalue weighted by Gasteiger charge is -2.37. The lowest BCUT2D eigenvalue weighted by molar-refractivity contribution is -0.257. The van der Waals surface area contributed by atoms with Crippen molar-refractivity contribution in [3.63, 3.8) is 0 Å². The van der Waals surface area contributed by atoms with Crippen LogP contribution in [0.5, 0.6) is 0 Å². The molecule has 2 bridgehead atoms. The molecule has 0 amide bonds. The van der Waals surface area contributed by atoms with E-state index in [0.29, 0.717) is 18.9 Å². The van der Waals surface area contributed by atoms with Gasteiger partial charge in [-0.25, -0.2) is 14.5 Å². The minimum Gasteiger partial charge on any atom is -0.400 e. The molecule has 3 aliphatic heterocycles. The number of aromatic nitrogens is 2. The third-order valence-electron chi connectivity index (χ3n) is 5.49. The molecule has 3 unspecified atom stereocenters. The second-order valence-corrected chi connectivity index (χ2v) is 8.78. The van der Waals surface area contributed by atoms with Crippen LogP contribution in [0.25, 0.3) is 0 Å². The SMILES string of the molecule is CCCCCCSc1nsnc1C1CN2CC1CCC21OC(=O)C(=O)O1. The minimum absolute atomic E-state index is 0.254. The van der Waals surface area contributed by atoms with Gasteiger partial charge in [-0.05, 0) is 24.5 Å². The van der Waals surface area contributed by atoms with Gasteiger partial charge in [-0.2, -0.15) is 8.75 Å². The number of carbonyl (C=O) groups is 2. The maximum atomic E-state index is 11.5. The first kappa shape index (κ1) is 18.2. The Balaban J connectivity index is 1.42. The highest BCUT2D eigenvalue weighted by Gasteiger charge is 2.59. The summed E-state index contributed by atoms with van der Waals surface area (Å²) >= 11 is 3.07. The Morgan fingerprint density at radius 3 is 2.77 bits per heavy atom. The summed E-state index contributed by atoms with van der Waals surface area (Å²) in [6.45, 7) is 3.65. The average Bonchev–Trinajstić information content (AvgIpc) is 3.29. The second kappa shape index (κ2) is 7.44. The van der Waals surface area contributed by atoms with Crippen LogP contribution in [-0.2, 0) is 19.1 Å². The van der Waals surface area contributed by atoms with Crippen LogP contribution in [0.15, 0.2) is 5.03 Å². The van der Waals surface area contributed by atoms with Crippen LogP contribution in [0.2, 0.25) is 0 Å². The molecule has 0 aliphatic carbocycles. The molecule has 4 heterocycles. The number of thioether (sulfide) groups is 1. The van der Waals surface area contributed by atoms with Crippen LogP contribution < -0.4 is 0 Å². The molecule has 0 radical (unpaired) electrons. The van der Waals surface area contributed by atoms with Crippen LogP contribution in [0.3, 0.4) is 0 Å². The van der Waals surface area contributed by atoms with E-state index in [2.05, 4.69) is 15.7 Å². The van der Waals surface area contributed by atoms with Gasteiger partial charge in [0.1, 0.15) is 5.03 Å². The van der Waals surface area contributed by atoms with Crippen molar-refractivity contribution in [1.82, 2.24) is 13.6 Å². The smallest absolute Gasteiger partial charge is 0.400 e. The van der Waals surface area contributed by atoms with E-state index in [1.54, 1.807) is 11.8 Å². The van der Waals surface area contributed by atoms with Gasteiger partial charge < -0.3 is 9.47 Å². The van der Waals surface area contributed by atoms with Gasteiger partial charge in [0.2, 0.25) is 0 Å². The van der Waals surface area contributed by atoms with Crippen molar-refractivity contribution in [3.8, 4) is 0 Å². The average molecular weight is 398 g/mol. The summed E-state index contributed by atoms with van der Waals surface area (Å²) in [5.41, 5.74) is 1.07. The van der Waals surface area contributed by atoms with Crippen LogP contribution in [-0.4, -0.2) is 50.3 Å². The van der Waals surface area contributed by atoms with E-state index in [1.165, 1.54) is 37.4 Å². The summed E-state index contributed by atoms with van der Waals surface area (Å²) in [5, 5.41) is 1.04. The zero-order valence-corrected chi connectivity index (χ0v) is 16.4. The van der Waals surface area contributed by atoms with E-state index in [-0.39, 0.29) is 5.92 Å². The van der Waals surface area contributed by atoms with E-state index < -0.39 is 17.8 Å². The van der Waals surface area contributed by atoms with Crippen LogP contribution in [0, 0.1) is 5.92 Å². The Morgan fingerprint density at radius 1 is 1.19 bits per heavy atom. The molecule has 4 rings (SSSR count). The summed E-state index contributed by atoms with van der Waals surface area (Å²) in [6.07, 6.45) is 6.36. The fourth-order valence-electron chi connectivity index (χ4n) is 4.11. The van der Waals surface area contributed by atoms with E-state index in [9.17, 15) is 9.59 Å². The highest BCUT2D eigenvalue weighted by Crippen LogP contribution is 2.48. The van der Waals surface area contributed by atoms with Gasteiger partial charge in [0.15, 0.2) is 0 Å². The molecule has 3 saturated heterocycles. The Morgan fingerprint density at radius 2 is 2.00 bits per heavy atom. The minimum atomic E-state index is -1.18. The van der Waals surface area contributed by atoms with Gasteiger partial charge in [-0.3, -0.25) is 0 Å². The van der Waals surface area contributed by atoms with Crippen LogP contribution in [0.1, 0.15) is 57.1 Å². The van der Waals surface area contributed by atoms with Gasteiger partial charge in [0.25, 0.3) is 0 Å². The summed E-state index contributed by atoms with van der Waals surface area (Å²) in [4.78, 5) is 25.1. The molecule has 1 aromatic rings. The third kappa shape index (κ3) is 3.25. The Hall–Kier alpha value is -1.19. The highest BCUT2D eigenvalue weighted by molar-refractivity contribution is 7.99. The summed E-state index contributed by atoms with van der Waals surface area (Å²) in [6, 6.07) is 0. The van der Waals surface area contributed by atoms with Crippen LogP contribution in [0.4, 0.5) is 0 Å². The van der Waals surface area contributed by atoms with E-state index in [1.807, 2.05) is 4.90 Å². The lowest BCUT2D eigenvalue weighted by atomic mass is 9.88. The normalized spacial score (nSPS) is 29.2. The zero-order chi connectivity index (χ0) is 18.1. The first-order valence-corrected chi connectivity index (χ1v) is 11.0. The fraction of sp³-hybridized carbons (Fsp3) is 0.765. The van der Waals surface area contributed by atoms with Crippen molar-refractivity contribution in [2.24, 2.45) is 5.92 Å². The number of unbranched alkanes of at least 4 members (excludes halogenated alkanes) is 3. The number of fused-ring (bicyclic) bond motifs is 3. The number of esters is 2. The lowest BCUT2D eigenvalue weighted by Crippen LogP contribution is -2.51. The predicted molar refractivity (Wildman–Crippen MR) is 96.7 cm³/mol. The van der Waals surface area contributed by atoms with Crippen molar-refractivity contribution >= 4 is 35.4 Å². The number of piperidine rings is 1. The quantitative estimate of drug-likeness (QED) is 0.301. The Labute approximate surface area is 161 Å². The molecular weight excluding hydrogens is 374 g/mol. The number of hydrogen-bond donors (Lipinski definition) is 0.